The number of H-pyrrole nitrogens is 1. The lowest BCUT2D eigenvalue weighted by Gasteiger charge is -2.28. The highest BCUT2D eigenvalue weighted by molar-refractivity contribution is 5.77. The maximum atomic E-state index is 9.15. The Morgan fingerprint density at radius 1 is 1.25 bits per heavy atom. The Bertz CT molecular complexity index is 550. The summed E-state index contributed by atoms with van der Waals surface area (Å²) >= 11 is 0. The Hall–Kier alpha value is -1.39. The maximum Gasteiger partial charge on any atom is 0.124 e. The van der Waals surface area contributed by atoms with E-state index >= 15 is 0 Å². The van der Waals surface area contributed by atoms with Crippen molar-refractivity contribution in [1.82, 2.24) is 14.9 Å². The monoisotopic (exact) mass is 275 g/mol. The average Bonchev–Trinajstić information content (AvgIpc) is 2.72. The number of aromatic amines is 1. The van der Waals surface area contributed by atoms with Crippen LogP contribution in [0.4, 0.5) is 0 Å². The zero-order chi connectivity index (χ0) is 14.9. The molecule has 0 radical (unpaired) electrons. The summed E-state index contributed by atoms with van der Waals surface area (Å²) in [4.78, 5) is 10.4. The van der Waals surface area contributed by atoms with E-state index in [1.54, 1.807) is 0 Å². The predicted molar refractivity (Wildman–Crippen MR) is 82.9 cm³/mol. The minimum absolute atomic E-state index is 0.165. The van der Waals surface area contributed by atoms with Gasteiger partial charge in [0.15, 0.2) is 0 Å². The number of fused-ring (bicyclic) bond motifs is 1. The number of aromatic nitrogens is 2. The highest BCUT2D eigenvalue weighted by atomic mass is 16.3. The van der Waals surface area contributed by atoms with Gasteiger partial charge in [-0.05, 0) is 50.1 Å². The summed E-state index contributed by atoms with van der Waals surface area (Å²) in [6.07, 6.45) is 0. The molecule has 1 aromatic heterocycles. The molecule has 20 heavy (non-hydrogen) atoms. The van der Waals surface area contributed by atoms with Crippen LogP contribution in [0.5, 0.6) is 0 Å². The summed E-state index contributed by atoms with van der Waals surface area (Å²) in [6, 6.07) is 4.48. The van der Waals surface area contributed by atoms with Crippen molar-refractivity contribution in [2.75, 3.05) is 20.2 Å². The van der Waals surface area contributed by atoms with Crippen molar-refractivity contribution in [3.05, 3.63) is 29.1 Å². The molecular formula is C16H25N3O. The molecule has 0 spiro atoms. The lowest BCUT2D eigenvalue weighted by atomic mass is 10.0. The van der Waals surface area contributed by atoms with E-state index in [0.717, 1.165) is 16.9 Å². The topological polar surface area (TPSA) is 52.1 Å². The van der Waals surface area contributed by atoms with Gasteiger partial charge in [0.1, 0.15) is 5.82 Å². The molecule has 1 atom stereocenters. The lowest BCUT2D eigenvalue weighted by Crippen LogP contribution is -2.31. The molecule has 4 heteroatoms. The van der Waals surface area contributed by atoms with Gasteiger partial charge in [-0.25, -0.2) is 4.98 Å². The van der Waals surface area contributed by atoms with Gasteiger partial charge in [0.25, 0.3) is 0 Å². The van der Waals surface area contributed by atoms with Crippen molar-refractivity contribution in [2.24, 2.45) is 5.92 Å². The Morgan fingerprint density at radius 3 is 2.50 bits per heavy atom. The van der Waals surface area contributed by atoms with Crippen molar-refractivity contribution in [3.63, 3.8) is 0 Å². The molecule has 0 aliphatic heterocycles. The normalized spacial score (nSPS) is 13.6. The van der Waals surface area contributed by atoms with Gasteiger partial charge in [-0.15, -0.1) is 0 Å². The first-order valence-electron chi connectivity index (χ1n) is 7.22. The number of aryl methyl sites for hydroxylation is 2. The van der Waals surface area contributed by atoms with Crippen molar-refractivity contribution < 1.29 is 5.11 Å². The van der Waals surface area contributed by atoms with Crippen LogP contribution < -0.4 is 0 Å². The number of aliphatic hydroxyl groups is 1. The number of imidazole rings is 1. The minimum Gasteiger partial charge on any atom is -0.395 e. The molecule has 0 aliphatic carbocycles. The first kappa shape index (κ1) is 15.0. The van der Waals surface area contributed by atoms with Crippen LogP contribution in [0.15, 0.2) is 12.1 Å². The molecular weight excluding hydrogens is 250 g/mol. The summed E-state index contributed by atoms with van der Waals surface area (Å²) < 4.78 is 0. The van der Waals surface area contributed by atoms with E-state index in [1.807, 2.05) is 7.05 Å². The molecule has 2 N–H and O–H groups in total. The maximum absolute atomic E-state index is 9.15. The van der Waals surface area contributed by atoms with E-state index < -0.39 is 0 Å². The average molecular weight is 275 g/mol. The van der Waals surface area contributed by atoms with Gasteiger partial charge in [0.2, 0.25) is 0 Å². The largest absolute Gasteiger partial charge is 0.395 e. The van der Waals surface area contributed by atoms with Crippen molar-refractivity contribution in [2.45, 2.75) is 33.7 Å². The summed E-state index contributed by atoms with van der Waals surface area (Å²) in [5, 5.41) is 9.15. The van der Waals surface area contributed by atoms with Crippen molar-refractivity contribution >= 4 is 11.0 Å². The number of nitrogens with one attached hydrogen (secondary N) is 1. The van der Waals surface area contributed by atoms with Crippen molar-refractivity contribution in [1.29, 1.82) is 0 Å². The number of rotatable bonds is 5. The van der Waals surface area contributed by atoms with E-state index in [4.69, 9.17) is 10.1 Å². The van der Waals surface area contributed by atoms with Gasteiger partial charge < -0.3 is 10.1 Å². The van der Waals surface area contributed by atoms with Crippen LogP contribution in [0.2, 0.25) is 0 Å². The van der Waals surface area contributed by atoms with Crippen LogP contribution in [-0.4, -0.2) is 40.2 Å². The van der Waals surface area contributed by atoms with Gasteiger partial charge in [0, 0.05) is 6.54 Å². The van der Waals surface area contributed by atoms with Crippen LogP contribution in [0.3, 0.4) is 0 Å². The van der Waals surface area contributed by atoms with Gasteiger partial charge in [-0.3, -0.25) is 4.90 Å². The van der Waals surface area contributed by atoms with E-state index in [-0.39, 0.29) is 12.6 Å². The van der Waals surface area contributed by atoms with Gasteiger partial charge >= 0.3 is 0 Å². The molecule has 0 saturated carbocycles. The number of likely N-dealkylation sites (N-methyl/N-ethyl adjacent to an activating group) is 1. The van der Waals surface area contributed by atoms with Gasteiger partial charge in [-0.2, -0.15) is 0 Å². The number of aliphatic hydroxyl groups excluding tert-OH is 1. The molecule has 0 bridgehead atoms. The first-order valence-corrected chi connectivity index (χ1v) is 7.22. The summed E-state index contributed by atoms with van der Waals surface area (Å²) in [5.41, 5.74) is 4.65. The standard InChI is InChI=1S/C16H25N3O/c1-10(2)15(19(5)6-7-20)16-17-13-8-11(3)12(4)9-14(13)18-16/h8-10,15,20H,6-7H2,1-5H3,(H,17,18). The minimum atomic E-state index is 0.165. The predicted octanol–water partition coefficient (Wildman–Crippen LogP) is 2.80. The van der Waals surface area contributed by atoms with E-state index in [0.29, 0.717) is 12.5 Å². The first-order chi connectivity index (χ1) is 9.43. The number of hydrogen-bond acceptors (Lipinski definition) is 3. The van der Waals surface area contributed by atoms with E-state index in [1.165, 1.54) is 11.1 Å². The zero-order valence-corrected chi connectivity index (χ0v) is 13.1. The fourth-order valence-electron chi connectivity index (χ4n) is 2.76. The number of benzene rings is 1. The smallest absolute Gasteiger partial charge is 0.124 e. The van der Waals surface area contributed by atoms with Crippen LogP contribution in [0, 0.1) is 19.8 Å². The molecule has 110 valence electrons. The fraction of sp³-hybridized carbons (Fsp3) is 0.562. The zero-order valence-electron chi connectivity index (χ0n) is 13.1. The van der Waals surface area contributed by atoms with E-state index in [2.05, 4.69) is 49.7 Å². The van der Waals surface area contributed by atoms with Gasteiger partial charge in [0.05, 0.1) is 23.7 Å². The molecule has 1 unspecified atom stereocenters. The fourth-order valence-corrected chi connectivity index (χ4v) is 2.76. The Morgan fingerprint density at radius 2 is 1.90 bits per heavy atom. The quantitative estimate of drug-likeness (QED) is 0.882. The summed E-state index contributed by atoms with van der Waals surface area (Å²) in [5.74, 6) is 1.41. The molecule has 1 aromatic carbocycles. The third kappa shape index (κ3) is 2.86. The molecule has 0 aliphatic rings. The molecule has 1 heterocycles. The number of nitrogens with zero attached hydrogens (tertiary/aromatic N) is 2. The van der Waals surface area contributed by atoms with Crippen molar-refractivity contribution in [3.8, 4) is 0 Å². The second-order valence-corrected chi connectivity index (χ2v) is 5.97. The SMILES string of the molecule is Cc1cc2nc(C(C(C)C)N(C)CCO)[nH]c2cc1C. The lowest BCUT2D eigenvalue weighted by molar-refractivity contribution is 0.146. The van der Waals surface area contributed by atoms with Crippen LogP contribution >= 0.6 is 0 Å². The highest BCUT2D eigenvalue weighted by Crippen LogP contribution is 2.27. The molecule has 2 aromatic rings. The third-order valence-corrected chi connectivity index (χ3v) is 3.95. The van der Waals surface area contributed by atoms with Crippen LogP contribution in [-0.2, 0) is 0 Å². The number of hydrogen-bond donors (Lipinski definition) is 2. The molecule has 0 saturated heterocycles. The van der Waals surface area contributed by atoms with Crippen LogP contribution in [0.25, 0.3) is 11.0 Å². The Kier molecular flexibility index (Phi) is 4.45. The molecule has 0 fully saturated rings. The Balaban J connectivity index is 2.43. The van der Waals surface area contributed by atoms with E-state index in [9.17, 15) is 0 Å². The van der Waals surface area contributed by atoms with Gasteiger partial charge in [-0.1, -0.05) is 13.8 Å². The Labute approximate surface area is 120 Å². The molecule has 2 rings (SSSR count). The second-order valence-electron chi connectivity index (χ2n) is 5.97. The second kappa shape index (κ2) is 5.94. The summed E-state index contributed by atoms with van der Waals surface area (Å²) in [7, 11) is 2.03. The van der Waals surface area contributed by atoms with Crippen LogP contribution in [0.1, 0.15) is 36.8 Å². The third-order valence-electron chi connectivity index (χ3n) is 3.95. The highest BCUT2D eigenvalue weighted by Gasteiger charge is 2.23. The summed E-state index contributed by atoms with van der Waals surface area (Å²) in [6.45, 7) is 9.41. The molecule has 0 amide bonds. The molecule has 4 nitrogen and oxygen atoms in total.